The average molecular weight is 466 g/mol. The lowest BCUT2D eigenvalue weighted by Crippen LogP contribution is -2.27. The largest absolute Gasteiger partial charge is 0.383 e. The zero-order valence-electron chi connectivity index (χ0n) is 18.9. The summed E-state index contributed by atoms with van der Waals surface area (Å²) in [4.78, 5) is 13.1. The molecule has 1 amide bonds. The van der Waals surface area contributed by atoms with Crippen LogP contribution in [0.25, 0.3) is 21.8 Å². The van der Waals surface area contributed by atoms with Crippen LogP contribution in [-0.2, 0) is 21.3 Å². The lowest BCUT2D eigenvalue weighted by Gasteiger charge is -2.11. The molecular weight excluding hydrogens is 438 g/mol. The number of rotatable bonds is 8. The highest BCUT2D eigenvalue weighted by Crippen LogP contribution is 2.31. The molecule has 4 rings (SSSR count). The van der Waals surface area contributed by atoms with Gasteiger partial charge < -0.3 is 14.6 Å². The van der Waals surface area contributed by atoms with Crippen molar-refractivity contribution in [3.63, 3.8) is 0 Å². The first-order valence-electron chi connectivity index (χ1n) is 10.8. The minimum absolute atomic E-state index is 0.0378. The van der Waals surface area contributed by atoms with Crippen LogP contribution < -0.4 is 10.0 Å². The molecule has 0 aliphatic carbocycles. The molecule has 7 nitrogen and oxygen atoms in total. The van der Waals surface area contributed by atoms with Crippen molar-refractivity contribution in [2.24, 2.45) is 0 Å². The highest BCUT2D eigenvalue weighted by molar-refractivity contribution is 7.89. The molecular formula is C25H27N3O4S. The Morgan fingerprint density at radius 2 is 1.76 bits per heavy atom. The van der Waals surface area contributed by atoms with E-state index in [0.717, 1.165) is 28.4 Å². The minimum atomic E-state index is -3.74. The Kier molecular flexibility index (Phi) is 6.51. The first-order chi connectivity index (χ1) is 15.9. The van der Waals surface area contributed by atoms with Crippen molar-refractivity contribution in [2.75, 3.05) is 25.6 Å². The summed E-state index contributed by atoms with van der Waals surface area (Å²) in [5.41, 5.74) is 3.89. The number of hydrogen-bond acceptors (Lipinski definition) is 4. The Morgan fingerprint density at radius 1 is 1.00 bits per heavy atom. The van der Waals surface area contributed by atoms with Gasteiger partial charge in [-0.1, -0.05) is 24.3 Å². The number of benzene rings is 3. The molecule has 1 aromatic heterocycles. The van der Waals surface area contributed by atoms with Gasteiger partial charge in [-0.25, -0.2) is 13.1 Å². The van der Waals surface area contributed by atoms with E-state index in [9.17, 15) is 13.2 Å². The van der Waals surface area contributed by atoms with Crippen molar-refractivity contribution in [1.82, 2.24) is 9.29 Å². The molecule has 2 N–H and O–H groups in total. The van der Waals surface area contributed by atoms with Crippen LogP contribution in [0.1, 0.15) is 22.8 Å². The molecule has 0 aliphatic heterocycles. The second-order valence-corrected chi connectivity index (χ2v) is 9.58. The van der Waals surface area contributed by atoms with Crippen molar-refractivity contribution in [1.29, 1.82) is 0 Å². The van der Waals surface area contributed by atoms with E-state index in [1.54, 1.807) is 13.0 Å². The standard InChI is InChI=1S/C25H27N3O4S/c1-4-28-23-8-6-5-7-20(23)22-15-18(10-12-24(22)28)27-25(29)21-16-19(11-9-17(21)2)33(30,31)26-13-14-32-3/h5-12,15-16,26H,4,13-14H2,1-3H3,(H,27,29). The van der Waals surface area contributed by atoms with Gasteiger partial charge in [-0.05, 0) is 55.8 Å². The summed E-state index contributed by atoms with van der Waals surface area (Å²) in [5.74, 6) is -0.361. The molecule has 1 heterocycles. The van der Waals surface area contributed by atoms with Crippen LogP contribution in [0.3, 0.4) is 0 Å². The molecule has 3 aromatic carbocycles. The number of nitrogens with one attached hydrogen (secondary N) is 2. The third-order valence-electron chi connectivity index (χ3n) is 5.71. The first kappa shape index (κ1) is 23.0. The molecule has 0 bridgehead atoms. The molecule has 4 aromatic rings. The fourth-order valence-corrected chi connectivity index (χ4v) is 5.08. The van der Waals surface area contributed by atoms with E-state index in [4.69, 9.17) is 4.74 Å². The number of carbonyl (C=O) groups is 1. The zero-order valence-corrected chi connectivity index (χ0v) is 19.7. The molecule has 8 heteroatoms. The molecule has 0 radical (unpaired) electrons. The van der Waals surface area contributed by atoms with Gasteiger partial charge >= 0.3 is 0 Å². The van der Waals surface area contributed by atoms with E-state index >= 15 is 0 Å². The molecule has 0 saturated heterocycles. The molecule has 172 valence electrons. The van der Waals surface area contributed by atoms with Crippen LogP contribution in [0.4, 0.5) is 5.69 Å². The predicted octanol–water partition coefficient (Wildman–Crippen LogP) is 4.30. The third kappa shape index (κ3) is 4.50. The minimum Gasteiger partial charge on any atom is -0.383 e. The topological polar surface area (TPSA) is 89.4 Å². The quantitative estimate of drug-likeness (QED) is 0.380. The number of aryl methyl sites for hydroxylation is 2. The Labute approximate surface area is 193 Å². The zero-order chi connectivity index (χ0) is 23.6. The van der Waals surface area contributed by atoms with Crippen molar-refractivity contribution < 1.29 is 17.9 Å². The van der Waals surface area contributed by atoms with Gasteiger partial charge in [-0.15, -0.1) is 0 Å². The number of aromatic nitrogens is 1. The van der Waals surface area contributed by atoms with Crippen molar-refractivity contribution >= 4 is 43.4 Å². The van der Waals surface area contributed by atoms with Crippen molar-refractivity contribution in [3.05, 3.63) is 71.8 Å². The molecule has 0 fully saturated rings. The van der Waals surface area contributed by atoms with E-state index in [1.165, 1.54) is 19.2 Å². The van der Waals surface area contributed by atoms with E-state index in [-0.39, 0.29) is 24.0 Å². The van der Waals surface area contributed by atoms with Gasteiger partial charge in [0, 0.05) is 53.3 Å². The van der Waals surface area contributed by atoms with Gasteiger partial charge in [-0.3, -0.25) is 4.79 Å². The van der Waals surface area contributed by atoms with Gasteiger partial charge in [0.25, 0.3) is 5.91 Å². The number of anilines is 1. The smallest absolute Gasteiger partial charge is 0.255 e. The van der Waals surface area contributed by atoms with E-state index in [2.05, 4.69) is 33.7 Å². The number of ether oxygens (including phenoxy) is 1. The van der Waals surface area contributed by atoms with Crippen molar-refractivity contribution in [3.8, 4) is 0 Å². The first-order valence-corrected chi connectivity index (χ1v) is 12.3. The van der Waals surface area contributed by atoms with Gasteiger partial charge in [0.05, 0.1) is 11.5 Å². The van der Waals surface area contributed by atoms with Crippen LogP contribution in [0.15, 0.2) is 65.6 Å². The molecule has 33 heavy (non-hydrogen) atoms. The average Bonchev–Trinajstić information content (AvgIpc) is 3.12. The summed E-state index contributed by atoms with van der Waals surface area (Å²) in [7, 11) is -2.24. The number of para-hydroxylation sites is 1. The number of hydrogen-bond donors (Lipinski definition) is 2. The predicted molar refractivity (Wildman–Crippen MR) is 131 cm³/mol. The van der Waals surface area contributed by atoms with Crippen LogP contribution in [0.5, 0.6) is 0 Å². The summed E-state index contributed by atoms with van der Waals surface area (Å²) < 4.78 is 34.7. The van der Waals surface area contributed by atoms with Crippen molar-refractivity contribution in [2.45, 2.75) is 25.3 Å². The fourth-order valence-electron chi connectivity index (χ4n) is 4.04. The Hall–Kier alpha value is -3.20. The Bertz CT molecular complexity index is 1440. The summed E-state index contributed by atoms with van der Waals surface area (Å²) in [5, 5.41) is 5.11. The number of fused-ring (bicyclic) bond motifs is 3. The number of nitrogens with zero attached hydrogens (tertiary/aromatic N) is 1. The number of methoxy groups -OCH3 is 1. The summed E-state index contributed by atoms with van der Waals surface area (Å²) in [6.45, 7) is 5.14. The number of amides is 1. The Balaban J connectivity index is 1.65. The lowest BCUT2D eigenvalue weighted by molar-refractivity contribution is 0.102. The second-order valence-electron chi connectivity index (χ2n) is 7.81. The summed E-state index contributed by atoms with van der Waals surface area (Å²) in [6.07, 6.45) is 0. The van der Waals surface area contributed by atoms with E-state index < -0.39 is 10.0 Å². The lowest BCUT2D eigenvalue weighted by atomic mass is 10.1. The molecule has 0 saturated carbocycles. The van der Waals surface area contributed by atoms with E-state index in [0.29, 0.717) is 16.8 Å². The third-order valence-corrected chi connectivity index (χ3v) is 7.17. The highest BCUT2D eigenvalue weighted by Gasteiger charge is 2.18. The van der Waals surface area contributed by atoms with Gasteiger partial charge in [0.2, 0.25) is 10.0 Å². The normalized spacial score (nSPS) is 11.8. The molecule has 0 unspecified atom stereocenters. The number of carbonyl (C=O) groups excluding carboxylic acids is 1. The SMILES string of the molecule is CCn1c2ccccc2c2cc(NC(=O)c3cc(S(=O)(=O)NCCOC)ccc3C)ccc21. The maximum Gasteiger partial charge on any atom is 0.255 e. The maximum absolute atomic E-state index is 13.1. The second kappa shape index (κ2) is 9.35. The van der Waals surface area contributed by atoms with Crippen LogP contribution >= 0.6 is 0 Å². The molecule has 0 aliphatic rings. The van der Waals surface area contributed by atoms with E-state index in [1.807, 2.05) is 30.3 Å². The van der Waals surface area contributed by atoms with Crippen LogP contribution in [0.2, 0.25) is 0 Å². The Morgan fingerprint density at radius 3 is 2.52 bits per heavy atom. The highest BCUT2D eigenvalue weighted by atomic mass is 32.2. The summed E-state index contributed by atoms with van der Waals surface area (Å²) in [6, 6.07) is 18.6. The number of sulfonamides is 1. The van der Waals surface area contributed by atoms with Gasteiger partial charge in [-0.2, -0.15) is 0 Å². The maximum atomic E-state index is 13.1. The summed E-state index contributed by atoms with van der Waals surface area (Å²) >= 11 is 0. The van der Waals surface area contributed by atoms with Gasteiger partial charge in [0.15, 0.2) is 0 Å². The monoisotopic (exact) mass is 465 g/mol. The van der Waals surface area contributed by atoms with Crippen LogP contribution in [-0.4, -0.2) is 39.2 Å². The molecule has 0 atom stereocenters. The van der Waals surface area contributed by atoms with Gasteiger partial charge in [0.1, 0.15) is 0 Å². The fraction of sp³-hybridized carbons (Fsp3) is 0.240. The van der Waals surface area contributed by atoms with Crippen LogP contribution in [0, 0.1) is 6.92 Å². The molecule has 0 spiro atoms.